The molecule has 264 valence electrons. The van der Waals surface area contributed by atoms with Gasteiger partial charge < -0.3 is 48.5 Å². The summed E-state index contributed by atoms with van der Waals surface area (Å²) < 4.78 is 36.3. The zero-order valence-electron chi connectivity index (χ0n) is 27.9. The maximum Gasteiger partial charge on any atom is 0.306 e. The third kappa shape index (κ3) is 8.13. The number of rotatable bonds is 16. The second-order valence-electron chi connectivity index (χ2n) is 11.9. The first-order valence-electron chi connectivity index (χ1n) is 16.7. The van der Waals surface area contributed by atoms with Gasteiger partial charge in [0.15, 0.2) is 17.6 Å². The van der Waals surface area contributed by atoms with E-state index in [-0.39, 0.29) is 60.2 Å². The van der Waals surface area contributed by atoms with Crippen molar-refractivity contribution in [2.75, 3.05) is 19.8 Å². The summed E-state index contributed by atoms with van der Waals surface area (Å²) in [6.07, 6.45) is -1.34. The van der Waals surface area contributed by atoms with Crippen LogP contribution >= 0.6 is 0 Å². The molecule has 1 aliphatic heterocycles. The molecule has 0 unspecified atom stereocenters. The van der Waals surface area contributed by atoms with Gasteiger partial charge >= 0.3 is 11.9 Å². The summed E-state index contributed by atoms with van der Waals surface area (Å²) in [6.45, 7) is 7.78. The van der Waals surface area contributed by atoms with Crippen LogP contribution in [0.2, 0.25) is 0 Å². The first kappa shape index (κ1) is 36.8. The van der Waals surface area contributed by atoms with Crippen LogP contribution in [0.15, 0.2) is 27.4 Å². The summed E-state index contributed by atoms with van der Waals surface area (Å²) in [5, 5.41) is 42.7. The number of unbranched alkanes of at least 4 members (excludes halogenated alkanes) is 2. The molecule has 1 aromatic heterocycles. The minimum absolute atomic E-state index is 0.0841. The SMILES string of the molecule is CCCCO[C@@H]1[C@@H](OCCCC)[C@H](c2c(O)cc3oc4cc(O)c(O)cc4c(=O)c3c2O)O[C@H](COC(=O)CCC)[C@H]1OC(=O)CCC. The highest BCUT2D eigenvalue weighted by Gasteiger charge is 2.52. The number of benzene rings is 2. The summed E-state index contributed by atoms with van der Waals surface area (Å²) in [5.74, 6) is -3.26. The standard InChI is InChI=1S/C35H46O13/c1-5-9-13-43-34-32(48-27(40)12-8-4)25(18-45-26(39)11-7-3)47-33(35(34)44-14-10-6-2)28-22(38)17-24-29(31(28)42)30(41)19-15-20(36)21(37)16-23(19)46-24/h15-17,25,32-38,42H,5-14,18H2,1-4H3/t25-,32-,33+,34+,35+/m1/s1. The van der Waals surface area contributed by atoms with Crippen LogP contribution < -0.4 is 5.43 Å². The molecule has 13 heteroatoms. The Kier molecular flexibility index (Phi) is 12.9. The smallest absolute Gasteiger partial charge is 0.306 e. The van der Waals surface area contributed by atoms with Crippen LogP contribution in [0.5, 0.6) is 23.0 Å². The number of carbonyl (C=O) groups is 2. The Bertz CT molecular complexity index is 1630. The predicted octanol–water partition coefficient (Wildman–Crippen LogP) is 5.63. The monoisotopic (exact) mass is 674 g/mol. The molecule has 1 saturated heterocycles. The number of hydrogen-bond donors (Lipinski definition) is 4. The molecule has 1 fully saturated rings. The maximum atomic E-state index is 13.7. The summed E-state index contributed by atoms with van der Waals surface area (Å²) >= 11 is 0. The molecule has 0 radical (unpaired) electrons. The van der Waals surface area contributed by atoms with Crippen LogP contribution in [0.25, 0.3) is 21.9 Å². The molecule has 0 bridgehead atoms. The molecular weight excluding hydrogens is 628 g/mol. The number of fused-ring (bicyclic) bond motifs is 2. The van der Waals surface area contributed by atoms with Crippen LogP contribution in [0.4, 0.5) is 0 Å². The van der Waals surface area contributed by atoms with E-state index < -0.39 is 70.9 Å². The number of ether oxygens (including phenoxy) is 5. The molecule has 2 aromatic carbocycles. The first-order chi connectivity index (χ1) is 23.1. The van der Waals surface area contributed by atoms with Gasteiger partial charge in [0.2, 0.25) is 5.43 Å². The molecule has 4 N–H and O–H groups in total. The lowest BCUT2D eigenvalue weighted by Gasteiger charge is -2.46. The van der Waals surface area contributed by atoms with Crippen molar-refractivity contribution in [2.45, 2.75) is 110 Å². The molecule has 2 heterocycles. The fourth-order valence-corrected chi connectivity index (χ4v) is 5.69. The lowest BCUT2D eigenvalue weighted by atomic mass is 9.88. The third-order valence-corrected chi connectivity index (χ3v) is 8.17. The van der Waals surface area contributed by atoms with Gasteiger partial charge in [-0.05, 0) is 31.7 Å². The minimum Gasteiger partial charge on any atom is -0.507 e. The number of esters is 2. The molecule has 4 rings (SSSR count). The minimum atomic E-state index is -1.31. The molecule has 5 atom stereocenters. The van der Waals surface area contributed by atoms with Crippen molar-refractivity contribution in [3.05, 3.63) is 34.0 Å². The molecule has 0 spiro atoms. The Morgan fingerprint density at radius 3 is 2.00 bits per heavy atom. The summed E-state index contributed by atoms with van der Waals surface area (Å²) in [7, 11) is 0. The highest BCUT2D eigenvalue weighted by atomic mass is 16.6. The maximum absolute atomic E-state index is 13.7. The van der Waals surface area contributed by atoms with Crippen molar-refractivity contribution in [3.8, 4) is 23.0 Å². The van der Waals surface area contributed by atoms with E-state index in [4.69, 9.17) is 28.1 Å². The van der Waals surface area contributed by atoms with Gasteiger partial charge in [0, 0.05) is 38.2 Å². The van der Waals surface area contributed by atoms with E-state index in [1.54, 1.807) is 0 Å². The lowest BCUT2D eigenvalue weighted by molar-refractivity contribution is -0.263. The Labute approximate surface area is 278 Å². The predicted molar refractivity (Wildman–Crippen MR) is 174 cm³/mol. The average molecular weight is 675 g/mol. The molecule has 13 nitrogen and oxygen atoms in total. The number of phenols is 4. The fourth-order valence-electron chi connectivity index (χ4n) is 5.69. The van der Waals surface area contributed by atoms with Crippen LogP contribution in [-0.2, 0) is 33.3 Å². The second-order valence-corrected chi connectivity index (χ2v) is 11.9. The Balaban J connectivity index is 1.91. The van der Waals surface area contributed by atoms with Gasteiger partial charge in [-0.1, -0.05) is 40.5 Å². The topological polar surface area (TPSA) is 191 Å². The highest BCUT2D eigenvalue weighted by Crippen LogP contribution is 2.47. The second kappa shape index (κ2) is 16.8. The van der Waals surface area contributed by atoms with E-state index in [9.17, 15) is 34.8 Å². The third-order valence-electron chi connectivity index (χ3n) is 8.17. The zero-order valence-corrected chi connectivity index (χ0v) is 27.9. The van der Waals surface area contributed by atoms with Gasteiger partial charge in [-0.15, -0.1) is 0 Å². The summed E-state index contributed by atoms with van der Waals surface area (Å²) in [6, 6.07) is 3.21. The molecule has 0 amide bonds. The number of hydrogen-bond acceptors (Lipinski definition) is 13. The number of aromatic hydroxyl groups is 4. The van der Waals surface area contributed by atoms with E-state index in [0.717, 1.165) is 31.0 Å². The van der Waals surface area contributed by atoms with Gasteiger partial charge in [-0.2, -0.15) is 0 Å². The van der Waals surface area contributed by atoms with E-state index >= 15 is 0 Å². The van der Waals surface area contributed by atoms with E-state index in [1.807, 2.05) is 27.7 Å². The Hall–Kier alpha value is -4.07. The Morgan fingerprint density at radius 2 is 1.35 bits per heavy atom. The van der Waals surface area contributed by atoms with Crippen LogP contribution in [0, 0.1) is 0 Å². The molecule has 0 aliphatic carbocycles. The van der Waals surface area contributed by atoms with E-state index in [1.165, 1.54) is 0 Å². The highest BCUT2D eigenvalue weighted by molar-refractivity contribution is 5.96. The zero-order chi connectivity index (χ0) is 35.0. The Morgan fingerprint density at radius 1 is 0.750 bits per heavy atom. The lowest BCUT2D eigenvalue weighted by Crippen LogP contribution is -2.59. The van der Waals surface area contributed by atoms with Gasteiger partial charge in [0.05, 0.1) is 10.9 Å². The van der Waals surface area contributed by atoms with Crippen molar-refractivity contribution >= 4 is 33.9 Å². The fraction of sp³-hybridized carbons (Fsp3) is 0.571. The normalized spacial score (nSPS) is 21.0. The number of carbonyl (C=O) groups excluding carboxylic acids is 2. The summed E-state index contributed by atoms with van der Waals surface area (Å²) in [4.78, 5) is 39.0. The van der Waals surface area contributed by atoms with Crippen molar-refractivity contribution in [2.24, 2.45) is 0 Å². The molecule has 48 heavy (non-hydrogen) atoms. The van der Waals surface area contributed by atoms with Crippen molar-refractivity contribution in [1.29, 1.82) is 0 Å². The average Bonchev–Trinajstić information content (AvgIpc) is 3.03. The quantitative estimate of drug-likeness (QED) is 0.0633. The van der Waals surface area contributed by atoms with Gasteiger partial charge in [-0.25, -0.2) is 0 Å². The molecule has 1 aliphatic rings. The largest absolute Gasteiger partial charge is 0.507 e. The molecule has 3 aromatic rings. The van der Waals surface area contributed by atoms with Crippen molar-refractivity contribution in [3.63, 3.8) is 0 Å². The van der Waals surface area contributed by atoms with Gasteiger partial charge in [0.1, 0.15) is 59.1 Å². The van der Waals surface area contributed by atoms with Gasteiger partial charge in [-0.3, -0.25) is 14.4 Å². The molecular formula is C35H46O13. The first-order valence-corrected chi connectivity index (χ1v) is 16.7. The van der Waals surface area contributed by atoms with E-state index in [2.05, 4.69) is 0 Å². The van der Waals surface area contributed by atoms with Crippen LogP contribution in [0.1, 0.15) is 90.7 Å². The van der Waals surface area contributed by atoms with E-state index in [0.29, 0.717) is 25.7 Å². The summed E-state index contributed by atoms with van der Waals surface area (Å²) in [5.41, 5.74) is -1.24. The number of phenolic OH excluding ortho intramolecular Hbond substituents is 4. The van der Waals surface area contributed by atoms with Crippen LogP contribution in [-0.4, -0.2) is 76.6 Å². The van der Waals surface area contributed by atoms with Gasteiger partial charge in [0.25, 0.3) is 0 Å². The molecule has 0 saturated carbocycles. The van der Waals surface area contributed by atoms with Crippen molar-refractivity contribution in [1.82, 2.24) is 0 Å². The van der Waals surface area contributed by atoms with Crippen molar-refractivity contribution < 1.29 is 58.1 Å². The van der Waals surface area contributed by atoms with Crippen LogP contribution in [0.3, 0.4) is 0 Å².